The predicted molar refractivity (Wildman–Crippen MR) is 90.5 cm³/mol. The van der Waals surface area contributed by atoms with Crippen LogP contribution in [0.1, 0.15) is 31.1 Å². The van der Waals surface area contributed by atoms with Crippen LogP contribution in [0.25, 0.3) is 0 Å². The maximum Gasteiger partial charge on any atom is 0.0883 e. The molecule has 0 aliphatic heterocycles. The Morgan fingerprint density at radius 1 is 1.05 bits per heavy atom. The molecule has 0 radical (unpaired) electrons. The van der Waals surface area contributed by atoms with Crippen LogP contribution in [0.15, 0.2) is 59.5 Å². The van der Waals surface area contributed by atoms with E-state index in [1.165, 1.54) is 10.5 Å². The Hall–Kier alpha value is -1.29. The molecular formula is C18H23NOS. The average molecular weight is 301 g/mol. The standard InChI is InChI=1S/C18H23NOS/c1-14(2)19-12-15-7-6-10-17(11-15)21-13-18(20)16-8-4-3-5-9-16/h3-11,14,18-20H,12-13H2,1-2H3. The molecule has 0 saturated carbocycles. The molecule has 2 aromatic carbocycles. The molecule has 0 aliphatic rings. The van der Waals surface area contributed by atoms with E-state index in [2.05, 4.69) is 43.4 Å². The van der Waals surface area contributed by atoms with E-state index in [1.54, 1.807) is 11.8 Å². The summed E-state index contributed by atoms with van der Waals surface area (Å²) in [5.74, 6) is 0.672. The zero-order valence-electron chi connectivity index (χ0n) is 12.6. The second kappa shape index (κ2) is 8.23. The first-order valence-corrected chi connectivity index (χ1v) is 8.32. The summed E-state index contributed by atoms with van der Waals surface area (Å²) in [6.07, 6.45) is -0.423. The van der Waals surface area contributed by atoms with Gasteiger partial charge in [0.2, 0.25) is 0 Å². The van der Waals surface area contributed by atoms with Crippen molar-refractivity contribution in [3.8, 4) is 0 Å². The maximum absolute atomic E-state index is 10.2. The highest BCUT2D eigenvalue weighted by Crippen LogP contribution is 2.25. The van der Waals surface area contributed by atoms with E-state index in [4.69, 9.17) is 0 Å². The van der Waals surface area contributed by atoms with Crippen molar-refractivity contribution in [3.63, 3.8) is 0 Å². The van der Waals surface area contributed by atoms with E-state index in [0.29, 0.717) is 11.8 Å². The minimum Gasteiger partial charge on any atom is -0.388 e. The van der Waals surface area contributed by atoms with Crippen molar-refractivity contribution in [3.05, 3.63) is 65.7 Å². The zero-order chi connectivity index (χ0) is 15.1. The fourth-order valence-electron chi connectivity index (χ4n) is 2.01. The number of thioether (sulfide) groups is 1. The third-order valence-corrected chi connectivity index (χ3v) is 4.27. The number of benzene rings is 2. The molecule has 2 nitrogen and oxygen atoms in total. The van der Waals surface area contributed by atoms with Gasteiger partial charge < -0.3 is 10.4 Å². The molecule has 2 rings (SSSR count). The molecule has 2 N–H and O–H groups in total. The minimum atomic E-state index is -0.423. The molecule has 3 heteroatoms. The van der Waals surface area contributed by atoms with Gasteiger partial charge in [-0.1, -0.05) is 56.3 Å². The van der Waals surface area contributed by atoms with Crippen LogP contribution in [0.5, 0.6) is 0 Å². The summed E-state index contributed by atoms with van der Waals surface area (Å²) >= 11 is 1.69. The molecule has 1 unspecified atom stereocenters. The van der Waals surface area contributed by atoms with E-state index in [1.807, 2.05) is 30.3 Å². The number of rotatable bonds is 7. The van der Waals surface area contributed by atoms with Gasteiger partial charge in [0.05, 0.1) is 6.10 Å². The van der Waals surface area contributed by atoms with Crippen molar-refractivity contribution >= 4 is 11.8 Å². The normalized spacial score (nSPS) is 12.6. The first kappa shape index (κ1) is 16.1. The van der Waals surface area contributed by atoms with Crippen LogP contribution in [-0.2, 0) is 6.54 Å². The van der Waals surface area contributed by atoms with Crippen LogP contribution in [0.4, 0.5) is 0 Å². The fourth-order valence-corrected chi connectivity index (χ4v) is 2.97. The second-order valence-corrected chi connectivity index (χ2v) is 6.51. The molecule has 21 heavy (non-hydrogen) atoms. The molecule has 0 heterocycles. The highest BCUT2D eigenvalue weighted by atomic mass is 32.2. The summed E-state index contributed by atoms with van der Waals surface area (Å²) < 4.78 is 0. The van der Waals surface area contributed by atoms with Gasteiger partial charge in [-0.05, 0) is 23.3 Å². The molecule has 0 saturated heterocycles. The van der Waals surface area contributed by atoms with E-state index >= 15 is 0 Å². The topological polar surface area (TPSA) is 32.3 Å². The molecule has 0 aliphatic carbocycles. The van der Waals surface area contributed by atoms with Crippen molar-refractivity contribution in [1.82, 2.24) is 5.32 Å². The third kappa shape index (κ3) is 5.54. The Morgan fingerprint density at radius 3 is 2.52 bits per heavy atom. The number of aliphatic hydroxyl groups excluding tert-OH is 1. The summed E-state index contributed by atoms with van der Waals surface area (Å²) in [5, 5.41) is 13.6. The van der Waals surface area contributed by atoms with Crippen molar-refractivity contribution in [1.29, 1.82) is 0 Å². The predicted octanol–water partition coefficient (Wildman–Crippen LogP) is 4.01. The van der Waals surface area contributed by atoms with Gasteiger partial charge in [-0.2, -0.15) is 0 Å². The molecule has 0 spiro atoms. The first-order chi connectivity index (χ1) is 10.1. The number of aliphatic hydroxyl groups is 1. The fraction of sp³-hybridized carbons (Fsp3) is 0.333. The van der Waals surface area contributed by atoms with Crippen molar-refractivity contribution in [2.24, 2.45) is 0 Å². The largest absolute Gasteiger partial charge is 0.388 e. The molecular weight excluding hydrogens is 278 g/mol. The summed E-state index contributed by atoms with van der Waals surface area (Å²) in [6.45, 7) is 5.18. The summed E-state index contributed by atoms with van der Waals surface area (Å²) in [5.41, 5.74) is 2.26. The molecule has 112 valence electrons. The van der Waals surface area contributed by atoms with Gasteiger partial charge in [0.1, 0.15) is 0 Å². The van der Waals surface area contributed by atoms with Gasteiger partial charge in [0.15, 0.2) is 0 Å². The van der Waals surface area contributed by atoms with Crippen LogP contribution in [0.3, 0.4) is 0 Å². The summed E-state index contributed by atoms with van der Waals surface area (Å²) in [7, 11) is 0. The smallest absolute Gasteiger partial charge is 0.0883 e. The minimum absolute atomic E-state index is 0.423. The first-order valence-electron chi connectivity index (χ1n) is 7.33. The van der Waals surface area contributed by atoms with E-state index in [9.17, 15) is 5.11 Å². The molecule has 0 aromatic heterocycles. The lowest BCUT2D eigenvalue weighted by Crippen LogP contribution is -2.21. The van der Waals surface area contributed by atoms with Crippen LogP contribution in [0.2, 0.25) is 0 Å². The molecule has 2 aromatic rings. The van der Waals surface area contributed by atoms with Crippen molar-refractivity contribution in [2.75, 3.05) is 5.75 Å². The number of hydrogen-bond donors (Lipinski definition) is 2. The van der Waals surface area contributed by atoms with Crippen molar-refractivity contribution in [2.45, 2.75) is 37.4 Å². The zero-order valence-corrected chi connectivity index (χ0v) is 13.4. The lowest BCUT2D eigenvalue weighted by atomic mass is 10.1. The molecule has 0 amide bonds. The van der Waals surface area contributed by atoms with Gasteiger partial charge >= 0.3 is 0 Å². The van der Waals surface area contributed by atoms with E-state index in [-0.39, 0.29) is 0 Å². The van der Waals surface area contributed by atoms with Crippen LogP contribution < -0.4 is 5.32 Å². The Kier molecular flexibility index (Phi) is 6.30. The third-order valence-electron chi connectivity index (χ3n) is 3.21. The Labute approximate surface area is 131 Å². The van der Waals surface area contributed by atoms with E-state index < -0.39 is 6.10 Å². The Morgan fingerprint density at radius 2 is 1.81 bits per heavy atom. The van der Waals surface area contributed by atoms with Crippen molar-refractivity contribution < 1.29 is 5.11 Å². The quantitative estimate of drug-likeness (QED) is 0.758. The second-order valence-electron chi connectivity index (χ2n) is 5.42. The lowest BCUT2D eigenvalue weighted by Gasteiger charge is -2.12. The molecule has 1 atom stereocenters. The van der Waals surface area contributed by atoms with Gasteiger partial charge in [-0.3, -0.25) is 0 Å². The van der Waals surface area contributed by atoms with Gasteiger partial charge in [0, 0.05) is 23.2 Å². The van der Waals surface area contributed by atoms with Crippen LogP contribution >= 0.6 is 11.8 Å². The van der Waals surface area contributed by atoms with E-state index in [0.717, 1.165) is 12.1 Å². The average Bonchev–Trinajstić information content (AvgIpc) is 2.52. The highest BCUT2D eigenvalue weighted by molar-refractivity contribution is 7.99. The maximum atomic E-state index is 10.2. The highest BCUT2D eigenvalue weighted by Gasteiger charge is 2.07. The Bertz CT molecular complexity index is 542. The van der Waals surface area contributed by atoms with Crippen LogP contribution in [-0.4, -0.2) is 16.9 Å². The lowest BCUT2D eigenvalue weighted by molar-refractivity contribution is 0.204. The summed E-state index contributed by atoms with van der Waals surface area (Å²) in [4.78, 5) is 1.20. The van der Waals surface area contributed by atoms with Crippen LogP contribution in [0, 0.1) is 0 Å². The SMILES string of the molecule is CC(C)NCc1cccc(SCC(O)c2ccccc2)c1. The number of nitrogens with one attached hydrogen (secondary N) is 1. The summed E-state index contributed by atoms with van der Waals surface area (Å²) in [6, 6.07) is 18.8. The molecule has 0 fully saturated rings. The van der Waals surface area contributed by atoms with Gasteiger partial charge in [-0.15, -0.1) is 11.8 Å². The van der Waals surface area contributed by atoms with Gasteiger partial charge in [-0.25, -0.2) is 0 Å². The molecule has 0 bridgehead atoms. The van der Waals surface area contributed by atoms with Gasteiger partial charge in [0.25, 0.3) is 0 Å². The monoisotopic (exact) mass is 301 g/mol. The number of hydrogen-bond acceptors (Lipinski definition) is 3. The Balaban J connectivity index is 1.89.